The van der Waals surface area contributed by atoms with E-state index in [9.17, 15) is 4.79 Å². The molecule has 0 aliphatic rings. The summed E-state index contributed by atoms with van der Waals surface area (Å²) in [5.74, 6) is -0.239. The zero-order valence-corrected chi connectivity index (χ0v) is 16.1. The van der Waals surface area contributed by atoms with Gasteiger partial charge in [-0.25, -0.2) is 4.98 Å². The van der Waals surface area contributed by atoms with Crippen LogP contribution in [0.2, 0.25) is 0 Å². The molecule has 0 saturated carbocycles. The minimum Gasteiger partial charge on any atom is -0.461 e. The van der Waals surface area contributed by atoms with Gasteiger partial charge in [-0.15, -0.1) is 11.3 Å². The molecule has 1 aromatic carbocycles. The van der Waals surface area contributed by atoms with Crippen molar-refractivity contribution in [3.05, 3.63) is 52.8 Å². The molecule has 1 amide bonds. The number of nitrogens with zero attached hydrogens (tertiary/aromatic N) is 4. The zero-order chi connectivity index (χ0) is 19.2. The number of rotatable bonds is 7. The molecule has 3 aromatic rings. The smallest absolute Gasteiger partial charge is 0.322 e. The van der Waals surface area contributed by atoms with Crippen LogP contribution >= 0.6 is 11.3 Å². The summed E-state index contributed by atoms with van der Waals surface area (Å²) in [6.45, 7) is 6.09. The van der Waals surface area contributed by atoms with E-state index in [2.05, 4.69) is 30.6 Å². The lowest BCUT2D eigenvalue weighted by atomic mass is 10.2. The molecule has 9 heteroatoms. The van der Waals surface area contributed by atoms with E-state index in [1.165, 1.54) is 11.3 Å². The average Bonchev–Trinajstić information content (AvgIpc) is 3.05. The number of aromatic nitrogens is 4. The van der Waals surface area contributed by atoms with Crippen LogP contribution in [0.1, 0.15) is 35.7 Å². The maximum absolute atomic E-state index is 12.5. The first-order valence-corrected chi connectivity index (χ1v) is 9.31. The number of aryl methyl sites for hydroxylation is 1. The van der Waals surface area contributed by atoms with Gasteiger partial charge in [0.15, 0.2) is 5.13 Å². The minimum absolute atomic E-state index is 0.0379. The van der Waals surface area contributed by atoms with E-state index in [4.69, 9.17) is 4.74 Å². The van der Waals surface area contributed by atoms with Crippen molar-refractivity contribution >= 4 is 28.3 Å². The number of ether oxygens (including phenoxy) is 1. The minimum atomic E-state index is -0.469. The van der Waals surface area contributed by atoms with E-state index in [1.54, 1.807) is 0 Å². The Labute approximate surface area is 161 Å². The van der Waals surface area contributed by atoms with Crippen molar-refractivity contribution in [2.24, 2.45) is 0 Å². The molecular weight excluding hydrogens is 364 g/mol. The van der Waals surface area contributed by atoms with E-state index in [0.717, 1.165) is 11.3 Å². The Morgan fingerprint density at radius 1 is 1.15 bits per heavy atom. The van der Waals surface area contributed by atoms with Crippen LogP contribution < -0.4 is 15.4 Å². The number of carbonyl (C=O) groups is 1. The van der Waals surface area contributed by atoms with Crippen molar-refractivity contribution < 1.29 is 9.53 Å². The third-order valence-electron chi connectivity index (χ3n) is 3.29. The first kappa shape index (κ1) is 18.7. The van der Waals surface area contributed by atoms with Gasteiger partial charge in [0.1, 0.15) is 0 Å². The molecule has 140 valence electrons. The topological polar surface area (TPSA) is 102 Å². The lowest BCUT2D eigenvalue weighted by Crippen LogP contribution is -2.19. The summed E-state index contributed by atoms with van der Waals surface area (Å²) in [4.78, 5) is 29.3. The van der Waals surface area contributed by atoms with Crippen molar-refractivity contribution in [2.75, 3.05) is 10.6 Å². The highest BCUT2D eigenvalue weighted by molar-refractivity contribution is 7.13. The summed E-state index contributed by atoms with van der Waals surface area (Å²) in [5.41, 5.74) is 1.90. The van der Waals surface area contributed by atoms with Crippen LogP contribution in [0.4, 0.5) is 11.1 Å². The Kier molecular flexibility index (Phi) is 5.92. The van der Waals surface area contributed by atoms with Gasteiger partial charge in [0, 0.05) is 11.9 Å². The Morgan fingerprint density at radius 2 is 1.93 bits per heavy atom. The molecule has 0 fully saturated rings. The predicted octanol–water partition coefficient (Wildman–Crippen LogP) is 3.29. The van der Waals surface area contributed by atoms with Gasteiger partial charge in [0.2, 0.25) is 11.8 Å². The Bertz CT molecular complexity index is 913. The van der Waals surface area contributed by atoms with Crippen molar-refractivity contribution in [3.8, 4) is 6.01 Å². The number of benzene rings is 1. The quantitative estimate of drug-likeness (QED) is 0.644. The number of nitrogens with one attached hydrogen (secondary N) is 2. The van der Waals surface area contributed by atoms with Crippen LogP contribution in [0, 0.1) is 6.92 Å². The predicted molar refractivity (Wildman–Crippen MR) is 104 cm³/mol. The van der Waals surface area contributed by atoms with E-state index in [1.807, 2.05) is 56.5 Å². The summed E-state index contributed by atoms with van der Waals surface area (Å²) in [6, 6.07) is 9.91. The summed E-state index contributed by atoms with van der Waals surface area (Å²) >= 11 is 1.34. The van der Waals surface area contributed by atoms with Crippen molar-refractivity contribution in [1.29, 1.82) is 0 Å². The molecule has 2 aromatic heterocycles. The van der Waals surface area contributed by atoms with Gasteiger partial charge in [0.05, 0.1) is 11.8 Å². The van der Waals surface area contributed by atoms with Crippen LogP contribution in [-0.4, -0.2) is 31.9 Å². The van der Waals surface area contributed by atoms with E-state index in [0.29, 0.717) is 11.7 Å². The maximum Gasteiger partial charge on any atom is 0.322 e. The van der Waals surface area contributed by atoms with Gasteiger partial charge in [-0.1, -0.05) is 30.3 Å². The molecule has 0 atom stereocenters. The van der Waals surface area contributed by atoms with Gasteiger partial charge >= 0.3 is 6.01 Å². The molecule has 27 heavy (non-hydrogen) atoms. The lowest BCUT2D eigenvalue weighted by molar-refractivity contribution is 0.101. The molecule has 2 N–H and O–H groups in total. The fraction of sp³-hybridized carbons (Fsp3) is 0.278. The monoisotopic (exact) mass is 384 g/mol. The number of amides is 1. The fourth-order valence-electron chi connectivity index (χ4n) is 2.14. The second-order valence-corrected chi connectivity index (χ2v) is 6.88. The second kappa shape index (κ2) is 8.54. The van der Waals surface area contributed by atoms with Crippen LogP contribution in [0.3, 0.4) is 0 Å². The number of thiazole rings is 1. The molecule has 0 saturated heterocycles. The van der Waals surface area contributed by atoms with E-state index < -0.39 is 5.91 Å². The molecule has 0 bridgehead atoms. The van der Waals surface area contributed by atoms with E-state index >= 15 is 0 Å². The van der Waals surface area contributed by atoms with E-state index in [-0.39, 0.29) is 23.9 Å². The first-order valence-electron chi connectivity index (χ1n) is 8.43. The maximum atomic E-state index is 12.5. The number of hydrogen-bond acceptors (Lipinski definition) is 8. The summed E-state index contributed by atoms with van der Waals surface area (Å²) in [5, 5.41) is 8.13. The van der Waals surface area contributed by atoms with Crippen LogP contribution in [0.25, 0.3) is 0 Å². The molecule has 0 spiro atoms. The highest BCUT2D eigenvalue weighted by atomic mass is 32.1. The van der Waals surface area contributed by atoms with Gasteiger partial charge in [-0.2, -0.15) is 15.0 Å². The zero-order valence-electron chi connectivity index (χ0n) is 15.3. The number of hydrogen-bond donors (Lipinski definition) is 2. The molecule has 0 unspecified atom stereocenters. The standard InChI is InChI=1S/C18H20N6O2S/c1-11(2)26-17-22-14(15(25)23-18-20-12(3)10-27-18)21-16(24-17)19-9-13-7-5-4-6-8-13/h4-8,10-11H,9H2,1-3H3,(H,20,23,25)(H,19,21,22,24). The summed E-state index contributed by atoms with van der Waals surface area (Å²) in [7, 11) is 0. The third-order valence-corrected chi connectivity index (χ3v) is 4.17. The number of carbonyl (C=O) groups excluding carboxylic acids is 1. The van der Waals surface area contributed by atoms with Crippen LogP contribution in [0.15, 0.2) is 35.7 Å². The SMILES string of the molecule is Cc1csc(NC(=O)c2nc(NCc3ccccc3)nc(OC(C)C)n2)n1. The molecule has 3 rings (SSSR count). The lowest BCUT2D eigenvalue weighted by Gasteiger charge is -2.11. The normalized spacial score (nSPS) is 10.7. The van der Waals surface area contributed by atoms with Gasteiger partial charge in [-0.05, 0) is 26.3 Å². The van der Waals surface area contributed by atoms with Gasteiger partial charge in [-0.3, -0.25) is 10.1 Å². The highest BCUT2D eigenvalue weighted by Gasteiger charge is 2.16. The number of anilines is 2. The molecule has 8 nitrogen and oxygen atoms in total. The van der Waals surface area contributed by atoms with Gasteiger partial charge in [0.25, 0.3) is 5.91 Å². The van der Waals surface area contributed by atoms with Crippen LogP contribution in [-0.2, 0) is 6.54 Å². The Morgan fingerprint density at radius 3 is 2.59 bits per heavy atom. The fourth-order valence-corrected chi connectivity index (χ4v) is 2.83. The molecule has 0 radical (unpaired) electrons. The second-order valence-electron chi connectivity index (χ2n) is 6.02. The average molecular weight is 384 g/mol. The summed E-state index contributed by atoms with van der Waals surface area (Å²) < 4.78 is 5.56. The molecular formula is C18H20N6O2S. The van der Waals surface area contributed by atoms with Crippen molar-refractivity contribution in [3.63, 3.8) is 0 Å². The van der Waals surface area contributed by atoms with Crippen molar-refractivity contribution in [1.82, 2.24) is 19.9 Å². The van der Waals surface area contributed by atoms with Crippen molar-refractivity contribution in [2.45, 2.75) is 33.4 Å². The molecule has 0 aliphatic carbocycles. The Balaban J connectivity index is 1.80. The molecule has 2 heterocycles. The molecule has 0 aliphatic heterocycles. The van der Waals surface area contributed by atoms with Crippen LogP contribution in [0.5, 0.6) is 6.01 Å². The largest absolute Gasteiger partial charge is 0.461 e. The highest BCUT2D eigenvalue weighted by Crippen LogP contribution is 2.16. The van der Waals surface area contributed by atoms with Gasteiger partial charge < -0.3 is 10.1 Å². The first-order chi connectivity index (χ1) is 13.0. The third kappa shape index (κ3) is 5.45. The Hall–Kier alpha value is -3.07. The summed E-state index contributed by atoms with van der Waals surface area (Å²) in [6.07, 6.45) is -0.133.